The highest BCUT2D eigenvalue weighted by atomic mass is 16.7. The van der Waals surface area contributed by atoms with E-state index in [0.29, 0.717) is 16.8 Å². The summed E-state index contributed by atoms with van der Waals surface area (Å²) in [6.07, 6.45) is 0. The molecule has 1 aromatic rings. The molecule has 0 spiro atoms. The van der Waals surface area contributed by atoms with E-state index < -0.39 is 16.0 Å². The van der Waals surface area contributed by atoms with E-state index in [-0.39, 0.29) is 17.4 Å². The number of non-ortho nitro benzene ring substituents is 1. The molecule has 0 aromatic heterocycles. The molecule has 1 aliphatic rings. The van der Waals surface area contributed by atoms with Gasteiger partial charge in [-0.1, -0.05) is 5.43 Å². The molecule has 0 bridgehead atoms. The monoisotopic (exact) mass is 319 g/mol. The van der Waals surface area contributed by atoms with Crippen LogP contribution in [0.15, 0.2) is 40.5 Å². The maximum atomic E-state index is 11.9. The third-order valence-electron chi connectivity index (χ3n) is 3.24. The van der Waals surface area contributed by atoms with Crippen molar-refractivity contribution in [2.24, 2.45) is 4.99 Å². The van der Waals surface area contributed by atoms with Gasteiger partial charge in [0.1, 0.15) is 6.04 Å². The van der Waals surface area contributed by atoms with Crippen LogP contribution in [-0.4, -0.2) is 21.7 Å². The van der Waals surface area contributed by atoms with Gasteiger partial charge in [-0.2, -0.15) is 0 Å². The number of carbonyl (C=O) groups excluding carboxylic acids is 1. The molecule has 10 nitrogen and oxygen atoms in total. The van der Waals surface area contributed by atoms with Crippen molar-refractivity contribution in [3.63, 3.8) is 0 Å². The maximum absolute atomic E-state index is 11.9. The van der Waals surface area contributed by atoms with Gasteiger partial charge in [0.25, 0.3) is 11.6 Å². The number of Topliss-reactive ketones (excluding diaryl/α,β-unsaturated/α-hetero) is 1. The molecule has 0 aliphatic carbocycles. The number of carbonyl (C=O) groups is 1. The number of benzene rings is 1. The minimum atomic E-state index is -0.781. The molecule has 0 radical (unpaired) electrons. The normalized spacial score (nSPS) is 17.1. The van der Waals surface area contributed by atoms with Crippen LogP contribution >= 0.6 is 0 Å². The van der Waals surface area contributed by atoms with Crippen LogP contribution in [0.5, 0.6) is 0 Å². The van der Waals surface area contributed by atoms with E-state index in [1.807, 2.05) is 5.43 Å². The Morgan fingerprint density at radius 2 is 1.87 bits per heavy atom. The molecule has 120 valence electrons. The van der Waals surface area contributed by atoms with Crippen molar-refractivity contribution in [2.75, 3.05) is 0 Å². The Bertz CT molecular complexity index is 738. The Hall–Kier alpha value is -3.30. The SMILES string of the molecule is CC(=O)C1=C(C)NC(N[N+](=O)[O-])=N[C@H]1c1ccc([N+](=O)[O-])cc1. The first-order valence-electron chi connectivity index (χ1n) is 6.51. The highest BCUT2D eigenvalue weighted by Gasteiger charge is 2.28. The topological polar surface area (TPSA) is 140 Å². The summed E-state index contributed by atoms with van der Waals surface area (Å²) in [4.78, 5) is 36.7. The minimum absolute atomic E-state index is 0.0969. The number of nitrogens with zero attached hydrogens (tertiary/aromatic N) is 3. The van der Waals surface area contributed by atoms with Gasteiger partial charge in [-0.3, -0.25) is 14.9 Å². The molecule has 0 saturated heterocycles. The number of guanidine groups is 1. The second-order valence-corrected chi connectivity index (χ2v) is 4.82. The molecule has 23 heavy (non-hydrogen) atoms. The average molecular weight is 319 g/mol. The number of allylic oxidation sites excluding steroid dienone is 1. The Balaban J connectivity index is 2.45. The quantitative estimate of drug-likeness (QED) is 0.628. The van der Waals surface area contributed by atoms with E-state index in [2.05, 4.69) is 10.3 Å². The van der Waals surface area contributed by atoms with Crippen molar-refractivity contribution < 1.29 is 14.8 Å². The van der Waals surface area contributed by atoms with Crippen LogP contribution in [0.1, 0.15) is 25.5 Å². The van der Waals surface area contributed by atoms with Gasteiger partial charge in [-0.25, -0.2) is 15.1 Å². The smallest absolute Gasteiger partial charge is 0.269 e. The lowest BCUT2D eigenvalue weighted by molar-refractivity contribution is -0.525. The highest BCUT2D eigenvalue weighted by Crippen LogP contribution is 2.31. The van der Waals surface area contributed by atoms with Gasteiger partial charge in [0.15, 0.2) is 10.8 Å². The number of ketones is 1. The summed E-state index contributed by atoms with van der Waals surface area (Å²) in [5.74, 6) is -0.358. The third kappa shape index (κ3) is 3.48. The first-order valence-corrected chi connectivity index (χ1v) is 6.51. The third-order valence-corrected chi connectivity index (χ3v) is 3.24. The Labute approximate surface area is 130 Å². The lowest BCUT2D eigenvalue weighted by atomic mass is 9.94. The lowest BCUT2D eigenvalue weighted by Crippen LogP contribution is -2.43. The van der Waals surface area contributed by atoms with Gasteiger partial charge in [0.2, 0.25) is 0 Å². The fourth-order valence-electron chi connectivity index (χ4n) is 2.30. The van der Waals surface area contributed by atoms with E-state index in [1.165, 1.54) is 31.2 Å². The molecule has 2 N–H and O–H groups in total. The summed E-state index contributed by atoms with van der Waals surface area (Å²) in [7, 11) is 0. The van der Waals surface area contributed by atoms with Gasteiger partial charge in [-0.05, 0) is 31.5 Å². The zero-order valence-corrected chi connectivity index (χ0v) is 12.3. The zero-order chi connectivity index (χ0) is 17.1. The van der Waals surface area contributed by atoms with Gasteiger partial charge in [-0.15, -0.1) is 0 Å². The van der Waals surface area contributed by atoms with E-state index in [4.69, 9.17) is 0 Å². The molecule has 1 heterocycles. The molecule has 2 rings (SSSR count). The first-order chi connectivity index (χ1) is 10.8. The summed E-state index contributed by atoms with van der Waals surface area (Å²) in [6, 6.07) is 4.74. The van der Waals surface area contributed by atoms with E-state index in [1.54, 1.807) is 6.92 Å². The van der Waals surface area contributed by atoms with Crippen LogP contribution in [0, 0.1) is 20.2 Å². The summed E-state index contributed by atoms with van der Waals surface area (Å²) in [5.41, 5.74) is 3.10. The number of nitrogens with one attached hydrogen (secondary N) is 2. The molecule has 0 amide bonds. The van der Waals surface area contributed by atoms with Crippen molar-refractivity contribution in [1.82, 2.24) is 10.7 Å². The minimum Gasteiger partial charge on any atom is -0.325 e. The predicted molar refractivity (Wildman–Crippen MR) is 79.9 cm³/mol. The molecule has 1 aromatic carbocycles. The molecule has 1 aliphatic heterocycles. The van der Waals surface area contributed by atoms with Crippen LogP contribution in [0.2, 0.25) is 0 Å². The predicted octanol–water partition coefficient (Wildman–Crippen LogP) is 1.24. The lowest BCUT2D eigenvalue weighted by Gasteiger charge is -2.24. The number of nitro benzene ring substituents is 1. The van der Waals surface area contributed by atoms with Crippen molar-refractivity contribution >= 4 is 17.4 Å². The number of hydrogen-bond donors (Lipinski definition) is 2. The summed E-state index contributed by atoms with van der Waals surface area (Å²) < 4.78 is 0. The Kier molecular flexibility index (Phi) is 4.35. The maximum Gasteiger partial charge on any atom is 0.269 e. The van der Waals surface area contributed by atoms with Crippen molar-refractivity contribution in [2.45, 2.75) is 19.9 Å². The Morgan fingerprint density at radius 3 is 2.35 bits per heavy atom. The molecule has 1 atom stereocenters. The van der Waals surface area contributed by atoms with Crippen LogP contribution in [0.3, 0.4) is 0 Å². The van der Waals surface area contributed by atoms with Gasteiger partial charge >= 0.3 is 0 Å². The standard InChI is InChI=1S/C13H13N5O5/c1-7-11(8(2)19)12(15-13(14-7)16-18(22)23)9-3-5-10(6-4-9)17(20)21/h3-6,12H,1-2H3,(H2,14,15,16)/t12-/m0/s1. The molecule has 0 fully saturated rings. The number of hydrogen-bond acceptors (Lipinski definition) is 7. The summed E-state index contributed by atoms with van der Waals surface area (Å²) in [5, 5.41) is 23.2. The number of rotatable bonds is 4. The molecule has 0 saturated carbocycles. The zero-order valence-electron chi connectivity index (χ0n) is 12.3. The molecular weight excluding hydrogens is 306 g/mol. The van der Waals surface area contributed by atoms with E-state index in [0.717, 1.165) is 0 Å². The second kappa shape index (κ2) is 6.22. The first kappa shape index (κ1) is 16.1. The highest BCUT2D eigenvalue weighted by molar-refractivity contribution is 5.98. The van der Waals surface area contributed by atoms with Crippen LogP contribution in [0.25, 0.3) is 0 Å². The van der Waals surface area contributed by atoms with E-state index in [9.17, 15) is 25.0 Å². The summed E-state index contributed by atoms with van der Waals surface area (Å²) >= 11 is 0. The van der Waals surface area contributed by atoms with Crippen LogP contribution in [0.4, 0.5) is 5.69 Å². The van der Waals surface area contributed by atoms with Gasteiger partial charge < -0.3 is 5.32 Å². The molecule has 0 unspecified atom stereocenters. The van der Waals surface area contributed by atoms with Crippen molar-refractivity contribution in [3.8, 4) is 0 Å². The Morgan fingerprint density at radius 1 is 1.26 bits per heavy atom. The van der Waals surface area contributed by atoms with Crippen molar-refractivity contribution in [3.05, 3.63) is 61.3 Å². The average Bonchev–Trinajstić information content (AvgIpc) is 2.45. The van der Waals surface area contributed by atoms with Crippen LogP contribution < -0.4 is 10.7 Å². The van der Waals surface area contributed by atoms with Gasteiger partial charge in [0, 0.05) is 23.4 Å². The van der Waals surface area contributed by atoms with Crippen LogP contribution in [-0.2, 0) is 4.79 Å². The second-order valence-electron chi connectivity index (χ2n) is 4.82. The largest absolute Gasteiger partial charge is 0.325 e. The number of nitro groups is 2. The number of hydrazine groups is 1. The van der Waals surface area contributed by atoms with Crippen molar-refractivity contribution in [1.29, 1.82) is 0 Å². The fourth-order valence-corrected chi connectivity index (χ4v) is 2.30. The fraction of sp³-hybridized carbons (Fsp3) is 0.231. The number of aliphatic imine (C=N–C) groups is 1. The summed E-state index contributed by atoms with van der Waals surface area (Å²) in [6.45, 7) is 2.96. The van der Waals surface area contributed by atoms with E-state index >= 15 is 0 Å². The van der Waals surface area contributed by atoms with Gasteiger partial charge in [0.05, 0.1) is 4.92 Å². The molecular formula is C13H13N5O5. The molecule has 10 heteroatoms.